The first kappa shape index (κ1) is 17.1. The highest BCUT2D eigenvalue weighted by molar-refractivity contribution is 8.93. The van der Waals surface area contributed by atoms with Crippen molar-refractivity contribution in [2.45, 2.75) is 13.1 Å². The van der Waals surface area contributed by atoms with Crippen molar-refractivity contribution < 1.29 is 9.66 Å². The summed E-state index contributed by atoms with van der Waals surface area (Å²) in [4.78, 5) is 10.3. The van der Waals surface area contributed by atoms with Gasteiger partial charge in [-0.2, -0.15) is 0 Å². The Hall–Kier alpha value is -1.92. The van der Waals surface area contributed by atoms with Gasteiger partial charge in [-0.05, 0) is 23.3 Å². The Morgan fingerprint density at radius 2 is 1.76 bits per heavy atom. The average Bonchev–Trinajstić information content (AvgIpc) is 2.48. The van der Waals surface area contributed by atoms with Gasteiger partial charge in [-0.25, -0.2) is 0 Å². The van der Waals surface area contributed by atoms with Crippen LogP contribution in [0.3, 0.4) is 0 Å². The Morgan fingerprint density at radius 1 is 1.10 bits per heavy atom. The smallest absolute Gasteiger partial charge is 0.269 e. The highest BCUT2D eigenvalue weighted by Crippen LogP contribution is 2.14. The normalized spacial score (nSPS) is 9.76. The summed E-state index contributed by atoms with van der Waals surface area (Å²) >= 11 is 0. The SMILES string of the molecule is Br.COc1ccc(CNCc2cccc([N+](=O)[O-])c2)cc1. The Labute approximate surface area is 133 Å². The predicted octanol–water partition coefficient (Wildman–Crippen LogP) is 3.47. The molecule has 0 atom stereocenters. The molecule has 0 aliphatic carbocycles. The van der Waals surface area contributed by atoms with Gasteiger partial charge in [0.2, 0.25) is 0 Å². The number of ether oxygens (including phenoxy) is 1. The number of hydrogen-bond donors (Lipinski definition) is 1. The lowest BCUT2D eigenvalue weighted by molar-refractivity contribution is -0.384. The molecule has 112 valence electrons. The van der Waals surface area contributed by atoms with Gasteiger partial charge in [-0.15, -0.1) is 17.0 Å². The number of rotatable bonds is 6. The molecule has 0 aliphatic heterocycles. The first-order valence-corrected chi connectivity index (χ1v) is 6.26. The van der Waals surface area contributed by atoms with Crippen LogP contribution in [0.15, 0.2) is 48.5 Å². The quantitative estimate of drug-likeness (QED) is 0.638. The van der Waals surface area contributed by atoms with Crippen molar-refractivity contribution >= 4 is 22.7 Å². The largest absolute Gasteiger partial charge is 0.497 e. The van der Waals surface area contributed by atoms with Gasteiger partial charge < -0.3 is 10.1 Å². The van der Waals surface area contributed by atoms with Crippen molar-refractivity contribution in [1.82, 2.24) is 5.32 Å². The molecule has 21 heavy (non-hydrogen) atoms. The number of non-ortho nitro benzene ring substituents is 1. The molecule has 0 heterocycles. The van der Waals surface area contributed by atoms with E-state index in [1.165, 1.54) is 6.07 Å². The van der Waals surface area contributed by atoms with Gasteiger partial charge in [0.15, 0.2) is 0 Å². The first-order valence-electron chi connectivity index (χ1n) is 6.26. The van der Waals surface area contributed by atoms with Gasteiger partial charge in [0.25, 0.3) is 5.69 Å². The number of halogens is 1. The molecular formula is C15H17BrN2O3. The van der Waals surface area contributed by atoms with Crippen LogP contribution in [0.1, 0.15) is 11.1 Å². The zero-order valence-electron chi connectivity index (χ0n) is 11.6. The van der Waals surface area contributed by atoms with Crippen molar-refractivity contribution in [3.8, 4) is 5.75 Å². The van der Waals surface area contributed by atoms with E-state index < -0.39 is 0 Å². The summed E-state index contributed by atoms with van der Waals surface area (Å²) in [5, 5.41) is 13.9. The summed E-state index contributed by atoms with van der Waals surface area (Å²) < 4.78 is 5.09. The fraction of sp³-hybridized carbons (Fsp3) is 0.200. The highest BCUT2D eigenvalue weighted by atomic mass is 79.9. The van der Waals surface area contributed by atoms with Crippen LogP contribution in [-0.2, 0) is 13.1 Å². The second-order valence-corrected chi connectivity index (χ2v) is 4.38. The van der Waals surface area contributed by atoms with Gasteiger partial charge in [0.1, 0.15) is 5.75 Å². The third-order valence-corrected chi connectivity index (χ3v) is 2.94. The number of methoxy groups -OCH3 is 1. The van der Waals surface area contributed by atoms with Crippen LogP contribution in [0.2, 0.25) is 0 Å². The maximum absolute atomic E-state index is 10.7. The molecule has 0 aliphatic rings. The second kappa shape index (κ2) is 8.39. The molecule has 0 aromatic heterocycles. The van der Waals surface area contributed by atoms with E-state index in [1.807, 2.05) is 30.3 Å². The molecule has 5 nitrogen and oxygen atoms in total. The molecule has 0 bridgehead atoms. The maximum Gasteiger partial charge on any atom is 0.269 e. The third-order valence-electron chi connectivity index (χ3n) is 2.94. The topological polar surface area (TPSA) is 64.4 Å². The number of nitro benzene ring substituents is 1. The fourth-order valence-electron chi connectivity index (χ4n) is 1.87. The van der Waals surface area contributed by atoms with Crippen LogP contribution in [0.4, 0.5) is 5.69 Å². The van der Waals surface area contributed by atoms with E-state index >= 15 is 0 Å². The molecule has 6 heteroatoms. The Bertz CT molecular complexity index is 588. The van der Waals surface area contributed by atoms with Crippen LogP contribution >= 0.6 is 17.0 Å². The Kier molecular flexibility index (Phi) is 6.84. The van der Waals surface area contributed by atoms with Crippen molar-refractivity contribution in [2.75, 3.05) is 7.11 Å². The number of nitrogens with zero attached hydrogens (tertiary/aromatic N) is 1. The van der Waals surface area contributed by atoms with Crippen molar-refractivity contribution in [3.63, 3.8) is 0 Å². The summed E-state index contributed by atoms with van der Waals surface area (Å²) in [5.74, 6) is 0.826. The van der Waals surface area contributed by atoms with Crippen LogP contribution in [0.5, 0.6) is 5.75 Å². The van der Waals surface area contributed by atoms with Crippen LogP contribution in [0, 0.1) is 10.1 Å². The minimum atomic E-state index is -0.382. The number of nitro groups is 1. The molecule has 0 unspecified atom stereocenters. The minimum absolute atomic E-state index is 0. The average molecular weight is 353 g/mol. The lowest BCUT2D eigenvalue weighted by Crippen LogP contribution is -2.12. The number of benzene rings is 2. The Balaban J connectivity index is 0.00000220. The van der Waals surface area contributed by atoms with Crippen molar-refractivity contribution in [1.29, 1.82) is 0 Å². The van der Waals surface area contributed by atoms with E-state index in [1.54, 1.807) is 19.2 Å². The number of hydrogen-bond acceptors (Lipinski definition) is 4. The standard InChI is InChI=1S/C15H16N2O3.BrH/c1-20-15-7-5-12(6-8-15)10-16-11-13-3-2-4-14(9-13)17(18)19;/h2-9,16H,10-11H2,1H3;1H. The van der Waals surface area contributed by atoms with Crippen LogP contribution in [0.25, 0.3) is 0 Å². The lowest BCUT2D eigenvalue weighted by Gasteiger charge is -2.06. The van der Waals surface area contributed by atoms with Gasteiger partial charge in [-0.1, -0.05) is 24.3 Å². The zero-order valence-corrected chi connectivity index (χ0v) is 13.3. The summed E-state index contributed by atoms with van der Waals surface area (Å²) in [6, 6.07) is 14.4. The second-order valence-electron chi connectivity index (χ2n) is 4.38. The van der Waals surface area contributed by atoms with E-state index in [4.69, 9.17) is 4.74 Å². The molecule has 0 fully saturated rings. The fourth-order valence-corrected chi connectivity index (χ4v) is 1.87. The van der Waals surface area contributed by atoms with Gasteiger partial charge in [-0.3, -0.25) is 10.1 Å². The lowest BCUT2D eigenvalue weighted by atomic mass is 10.2. The maximum atomic E-state index is 10.7. The molecule has 0 saturated heterocycles. The molecule has 2 rings (SSSR count). The van der Waals surface area contributed by atoms with E-state index in [0.717, 1.165) is 16.9 Å². The van der Waals surface area contributed by atoms with E-state index in [-0.39, 0.29) is 27.6 Å². The van der Waals surface area contributed by atoms with E-state index in [0.29, 0.717) is 13.1 Å². The van der Waals surface area contributed by atoms with Crippen LogP contribution < -0.4 is 10.1 Å². The molecule has 2 aromatic carbocycles. The summed E-state index contributed by atoms with van der Waals surface area (Å²) in [6.45, 7) is 1.29. The molecule has 1 N–H and O–H groups in total. The molecule has 0 spiro atoms. The summed E-state index contributed by atoms with van der Waals surface area (Å²) in [6.07, 6.45) is 0. The van der Waals surface area contributed by atoms with Crippen LogP contribution in [-0.4, -0.2) is 12.0 Å². The third kappa shape index (κ3) is 5.17. The molecule has 0 radical (unpaired) electrons. The van der Waals surface area contributed by atoms with E-state index in [2.05, 4.69) is 5.32 Å². The zero-order chi connectivity index (χ0) is 14.4. The predicted molar refractivity (Wildman–Crippen MR) is 87.0 cm³/mol. The summed E-state index contributed by atoms with van der Waals surface area (Å²) in [5.41, 5.74) is 2.15. The highest BCUT2D eigenvalue weighted by Gasteiger charge is 2.05. The monoisotopic (exact) mass is 352 g/mol. The minimum Gasteiger partial charge on any atom is -0.497 e. The molecule has 0 amide bonds. The first-order chi connectivity index (χ1) is 9.69. The summed E-state index contributed by atoms with van der Waals surface area (Å²) in [7, 11) is 1.63. The van der Waals surface area contributed by atoms with Crippen molar-refractivity contribution in [2.24, 2.45) is 0 Å². The van der Waals surface area contributed by atoms with Crippen molar-refractivity contribution in [3.05, 3.63) is 69.8 Å². The van der Waals surface area contributed by atoms with E-state index in [9.17, 15) is 10.1 Å². The Morgan fingerprint density at radius 3 is 2.38 bits per heavy atom. The van der Waals surface area contributed by atoms with Gasteiger partial charge in [0.05, 0.1) is 12.0 Å². The molecule has 2 aromatic rings. The van der Waals surface area contributed by atoms with Gasteiger partial charge in [0, 0.05) is 25.2 Å². The molecular weight excluding hydrogens is 336 g/mol. The number of nitrogens with one attached hydrogen (secondary N) is 1. The van der Waals surface area contributed by atoms with Gasteiger partial charge >= 0.3 is 0 Å². The molecule has 0 saturated carbocycles.